The van der Waals surface area contributed by atoms with Gasteiger partial charge in [-0.05, 0) is 0 Å². The SMILES string of the molecule is O=C1C[N]C(C(=O)O)C1. The first-order chi connectivity index (χ1) is 4.20. The first-order valence-electron chi connectivity index (χ1n) is 2.61. The monoisotopic (exact) mass is 128 g/mol. The average Bonchev–Trinajstić information content (AvgIpc) is 2.14. The van der Waals surface area contributed by atoms with Crippen LogP contribution in [0.5, 0.6) is 0 Å². The van der Waals surface area contributed by atoms with Crippen LogP contribution >= 0.6 is 0 Å². The van der Waals surface area contributed by atoms with E-state index in [4.69, 9.17) is 5.11 Å². The summed E-state index contributed by atoms with van der Waals surface area (Å²) in [6, 6.07) is -0.766. The molecule has 1 rings (SSSR count). The number of aliphatic carboxylic acids is 1. The smallest absolute Gasteiger partial charge is 0.322 e. The predicted molar refractivity (Wildman–Crippen MR) is 28.0 cm³/mol. The van der Waals surface area contributed by atoms with E-state index < -0.39 is 12.0 Å². The van der Waals surface area contributed by atoms with Gasteiger partial charge in [0.1, 0.15) is 6.04 Å². The molecule has 1 unspecified atom stereocenters. The van der Waals surface area contributed by atoms with Gasteiger partial charge in [-0.3, -0.25) is 9.59 Å². The lowest BCUT2D eigenvalue weighted by atomic mass is 10.2. The summed E-state index contributed by atoms with van der Waals surface area (Å²) >= 11 is 0. The van der Waals surface area contributed by atoms with Gasteiger partial charge in [0.25, 0.3) is 0 Å². The van der Waals surface area contributed by atoms with Gasteiger partial charge in [0.2, 0.25) is 0 Å². The number of Topliss-reactive ketones (excluding diaryl/α,β-unsaturated/α-hetero) is 1. The normalized spacial score (nSPS) is 26.7. The third kappa shape index (κ3) is 1.26. The van der Waals surface area contributed by atoms with Gasteiger partial charge in [-0.15, -0.1) is 0 Å². The highest BCUT2D eigenvalue weighted by Gasteiger charge is 2.28. The van der Waals surface area contributed by atoms with Crippen molar-refractivity contribution in [1.29, 1.82) is 0 Å². The van der Waals surface area contributed by atoms with Crippen molar-refractivity contribution >= 4 is 11.8 Å². The maximum atomic E-state index is 10.4. The lowest BCUT2D eigenvalue weighted by Crippen LogP contribution is -2.24. The van der Waals surface area contributed by atoms with Crippen LogP contribution in [0.1, 0.15) is 6.42 Å². The zero-order valence-electron chi connectivity index (χ0n) is 4.70. The summed E-state index contributed by atoms with van der Waals surface area (Å²) in [7, 11) is 0. The second-order valence-electron chi connectivity index (χ2n) is 1.94. The molecule has 1 aliphatic heterocycles. The Bertz CT molecular complexity index is 154. The van der Waals surface area contributed by atoms with Crippen molar-refractivity contribution in [3.05, 3.63) is 0 Å². The van der Waals surface area contributed by atoms with Crippen LogP contribution in [-0.2, 0) is 9.59 Å². The van der Waals surface area contributed by atoms with Crippen molar-refractivity contribution in [1.82, 2.24) is 5.32 Å². The van der Waals surface area contributed by atoms with E-state index in [1.165, 1.54) is 0 Å². The summed E-state index contributed by atoms with van der Waals surface area (Å²) in [6.45, 7) is 0.0803. The van der Waals surface area contributed by atoms with Gasteiger partial charge in [0.15, 0.2) is 5.78 Å². The van der Waals surface area contributed by atoms with Crippen LogP contribution in [0.3, 0.4) is 0 Å². The van der Waals surface area contributed by atoms with E-state index in [2.05, 4.69) is 5.32 Å². The predicted octanol–water partition coefficient (Wildman–Crippen LogP) is -0.983. The molecule has 0 saturated carbocycles. The van der Waals surface area contributed by atoms with Gasteiger partial charge in [-0.1, -0.05) is 0 Å². The quantitative estimate of drug-likeness (QED) is 0.493. The first-order valence-corrected chi connectivity index (χ1v) is 2.61. The zero-order chi connectivity index (χ0) is 6.85. The molecule has 9 heavy (non-hydrogen) atoms. The molecule has 1 aliphatic rings. The summed E-state index contributed by atoms with van der Waals surface area (Å²) < 4.78 is 0. The summed E-state index contributed by atoms with van der Waals surface area (Å²) in [6.07, 6.45) is 0.0787. The Labute approximate surface area is 51.9 Å². The standard InChI is InChI=1S/C5H6NO3/c7-3-1-4(5(8)9)6-2-3/h4H,1-2H2,(H,8,9). The topological polar surface area (TPSA) is 68.5 Å². The molecule has 4 heteroatoms. The maximum Gasteiger partial charge on any atom is 0.322 e. The van der Waals surface area contributed by atoms with Crippen molar-refractivity contribution in [2.75, 3.05) is 6.54 Å². The Morgan fingerprint density at radius 1 is 1.78 bits per heavy atom. The molecule has 1 N–H and O–H groups in total. The molecule has 1 atom stereocenters. The van der Waals surface area contributed by atoms with Crippen LogP contribution in [0.25, 0.3) is 0 Å². The lowest BCUT2D eigenvalue weighted by Gasteiger charge is -1.96. The van der Waals surface area contributed by atoms with Crippen LogP contribution < -0.4 is 5.32 Å². The van der Waals surface area contributed by atoms with E-state index in [9.17, 15) is 9.59 Å². The van der Waals surface area contributed by atoms with Gasteiger partial charge in [-0.2, -0.15) is 0 Å². The molecule has 0 aliphatic carbocycles. The maximum absolute atomic E-state index is 10.4. The Balaban J connectivity index is 2.48. The van der Waals surface area contributed by atoms with Crippen LogP contribution in [0, 0.1) is 0 Å². The van der Waals surface area contributed by atoms with Crippen molar-refractivity contribution in [3.63, 3.8) is 0 Å². The Morgan fingerprint density at radius 3 is 2.67 bits per heavy atom. The van der Waals surface area contributed by atoms with Crippen LogP contribution in [0.15, 0.2) is 0 Å². The van der Waals surface area contributed by atoms with Crippen molar-refractivity contribution in [3.8, 4) is 0 Å². The molecule has 0 aromatic heterocycles. The molecule has 1 heterocycles. The number of carboxylic acids is 1. The largest absolute Gasteiger partial charge is 0.480 e. The summed E-state index contributed by atoms with van der Waals surface area (Å²) in [5, 5.41) is 11.9. The van der Waals surface area contributed by atoms with E-state index in [0.29, 0.717) is 0 Å². The van der Waals surface area contributed by atoms with Gasteiger partial charge in [0, 0.05) is 6.42 Å². The molecule has 4 nitrogen and oxygen atoms in total. The minimum Gasteiger partial charge on any atom is -0.480 e. The fourth-order valence-corrected chi connectivity index (χ4v) is 0.722. The fourth-order valence-electron chi connectivity index (χ4n) is 0.722. The highest BCUT2D eigenvalue weighted by molar-refractivity contribution is 5.90. The first kappa shape index (κ1) is 6.22. The Morgan fingerprint density at radius 2 is 2.44 bits per heavy atom. The number of hydrogen-bond acceptors (Lipinski definition) is 2. The highest BCUT2D eigenvalue weighted by atomic mass is 16.4. The molecule has 49 valence electrons. The van der Waals surface area contributed by atoms with Gasteiger partial charge in [-0.25, -0.2) is 5.32 Å². The van der Waals surface area contributed by atoms with E-state index in [1.807, 2.05) is 0 Å². The third-order valence-corrected chi connectivity index (χ3v) is 1.19. The van der Waals surface area contributed by atoms with Crippen molar-refractivity contribution in [2.45, 2.75) is 12.5 Å². The second-order valence-corrected chi connectivity index (χ2v) is 1.94. The number of carboxylic acid groups (broad SMARTS) is 1. The second kappa shape index (κ2) is 2.14. The van der Waals surface area contributed by atoms with Crippen LogP contribution in [0.2, 0.25) is 0 Å². The summed E-state index contributed by atoms with van der Waals surface area (Å²) in [5.74, 6) is -1.08. The molecule has 1 radical (unpaired) electrons. The van der Waals surface area contributed by atoms with E-state index in [0.717, 1.165) is 0 Å². The molecule has 0 bridgehead atoms. The highest BCUT2D eigenvalue weighted by Crippen LogP contribution is 2.02. The van der Waals surface area contributed by atoms with Crippen LogP contribution in [-0.4, -0.2) is 29.4 Å². The summed E-state index contributed by atoms with van der Waals surface area (Å²) in [5.41, 5.74) is 0. The number of carbonyl (C=O) groups is 2. The van der Waals surface area contributed by atoms with Crippen LogP contribution in [0.4, 0.5) is 0 Å². The Kier molecular flexibility index (Phi) is 1.48. The van der Waals surface area contributed by atoms with Gasteiger partial charge in [0.05, 0.1) is 6.54 Å². The van der Waals surface area contributed by atoms with Gasteiger partial charge >= 0.3 is 5.97 Å². The van der Waals surface area contributed by atoms with Gasteiger partial charge < -0.3 is 5.11 Å². The van der Waals surface area contributed by atoms with Crippen molar-refractivity contribution in [2.24, 2.45) is 0 Å². The molecular weight excluding hydrogens is 122 g/mol. The Hall–Kier alpha value is -0.900. The number of hydrogen-bond donors (Lipinski definition) is 1. The molecule has 0 amide bonds. The minimum absolute atomic E-state index is 0.0787. The zero-order valence-corrected chi connectivity index (χ0v) is 4.70. The molecule has 0 aromatic rings. The average molecular weight is 128 g/mol. The lowest BCUT2D eigenvalue weighted by molar-refractivity contribution is -0.139. The molecule has 0 spiro atoms. The molecular formula is C5H6NO3. The third-order valence-electron chi connectivity index (χ3n) is 1.19. The number of carbonyl (C=O) groups excluding carboxylic acids is 1. The van der Waals surface area contributed by atoms with E-state index in [1.54, 1.807) is 0 Å². The summed E-state index contributed by atoms with van der Waals surface area (Å²) in [4.78, 5) is 20.5. The molecule has 1 saturated heterocycles. The van der Waals surface area contributed by atoms with E-state index >= 15 is 0 Å². The number of nitrogens with zero attached hydrogens (tertiary/aromatic N) is 1. The number of rotatable bonds is 1. The molecule has 1 fully saturated rings. The fraction of sp³-hybridized carbons (Fsp3) is 0.600. The number of ketones is 1. The van der Waals surface area contributed by atoms with E-state index in [-0.39, 0.29) is 18.7 Å². The minimum atomic E-state index is -0.999. The van der Waals surface area contributed by atoms with Crippen molar-refractivity contribution < 1.29 is 14.7 Å². The molecule has 0 aromatic carbocycles.